The van der Waals surface area contributed by atoms with Crippen molar-refractivity contribution in [3.8, 4) is 39.9 Å². The Labute approximate surface area is 324 Å². The molecule has 54 heavy (non-hydrogen) atoms. The average molecular weight is 683 g/mol. The summed E-state index contributed by atoms with van der Waals surface area (Å²) in [6, 6.07) is 30.0. The van der Waals surface area contributed by atoms with Crippen LogP contribution in [0.3, 0.4) is 0 Å². The molecular formula is C39H34B10N4O. The van der Waals surface area contributed by atoms with E-state index in [9.17, 15) is 0 Å². The zero-order chi connectivity index (χ0) is 37.7. The van der Waals surface area contributed by atoms with Crippen molar-refractivity contribution in [1.82, 2.24) is 19.5 Å². The second kappa shape index (κ2) is 12.6. The van der Waals surface area contributed by atoms with E-state index in [1.807, 2.05) is 12.1 Å². The number of fused-ring (bicyclic) bond motifs is 6. The molecule has 0 aliphatic carbocycles. The summed E-state index contributed by atoms with van der Waals surface area (Å²) < 4.78 is 9.07. The SMILES string of the molecule is Bc1c(B)c(B)c(-c2nc(-c3cc(-n4c5ccccc5c5ccccc54)c4c(c3)oc3ccccc34)nc(-c3c(B)c(B)c(B)c(B)c3B)n2)c(B)c1B. The summed E-state index contributed by atoms with van der Waals surface area (Å²) in [6.45, 7) is 0. The third-order valence-corrected chi connectivity index (χ3v) is 12.6. The van der Waals surface area contributed by atoms with Crippen LogP contribution in [0, 0.1) is 0 Å². The fourth-order valence-corrected chi connectivity index (χ4v) is 8.72. The Morgan fingerprint density at radius 1 is 0.407 bits per heavy atom. The molecule has 3 heterocycles. The van der Waals surface area contributed by atoms with Crippen LogP contribution in [0.1, 0.15) is 0 Å². The van der Waals surface area contributed by atoms with Gasteiger partial charge in [0.1, 0.15) is 89.6 Å². The highest BCUT2D eigenvalue weighted by molar-refractivity contribution is 6.69. The number of nitrogens with zero attached hydrogens (tertiary/aromatic N) is 4. The Bertz CT molecular complexity index is 2880. The molecule has 0 radical (unpaired) electrons. The minimum atomic E-state index is 0.615. The molecule has 0 aliphatic rings. The first-order valence-corrected chi connectivity index (χ1v) is 18.8. The van der Waals surface area contributed by atoms with Crippen molar-refractivity contribution in [3.05, 3.63) is 84.9 Å². The van der Waals surface area contributed by atoms with Gasteiger partial charge < -0.3 is 8.98 Å². The smallest absolute Gasteiger partial charge is 0.164 e. The van der Waals surface area contributed by atoms with Crippen molar-refractivity contribution in [2.24, 2.45) is 0 Å². The van der Waals surface area contributed by atoms with Gasteiger partial charge in [-0.2, -0.15) is 0 Å². The maximum atomic E-state index is 6.69. The molecule has 0 spiro atoms. The van der Waals surface area contributed by atoms with E-state index in [-0.39, 0.29) is 0 Å². The van der Waals surface area contributed by atoms with E-state index in [0.29, 0.717) is 17.5 Å². The molecule has 0 atom stereocenters. The Hall–Kier alpha value is -5.42. The summed E-state index contributed by atoms with van der Waals surface area (Å²) in [5.74, 6) is 1.99. The van der Waals surface area contributed by atoms with Crippen molar-refractivity contribution >= 4 is 177 Å². The van der Waals surface area contributed by atoms with Crippen molar-refractivity contribution in [2.45, 2.75) is 0 Å². The number of hydrogen-bond acceptors (Lipinski definition) is 4. The maximum absolute atomic E-state index is 6.69. The lowest BCUT2D eigenvalue weighted by atomic mass is 9.60. The van der Waals surface area contributed by atoms with Gasteiger partial charge in [-0.3, -0.25) is 0 Å². The predicted molar refractivity (Wildman–Crippen MR) is 260 cm³/mol. The van der Waals surface area contributed by atoms with E-state index in [1.165, 1.54) is 65.4 Å². The summed E-state index contributed by atoms with van der Waals surface area (Å²) >= 11 is 0. The minimum absolute atomic E-state index is 0.615. The van der Waals surface area contributed by atoms with Gasteiger partial charge in [0.05, 0.1) is 22.1 Å². The molecule has 3 aromatic heterocycles. The Kier molecular flexibility index (Phi) is 8.00. The number of benzene rings is 6. The van der Waals surface area contributed by atoms with Gasteiger partial charge in [0.15, 0.2) is 17.5 Å². The molecule has 0 aliphatic heterocycles. The van der Waals surface area contributed by atoms with Gasteiger partial charge in [-0.05, 0) is 30.3 Å². The zero-order valence-electron chi connectivity index (χ0n) is 32.8. The van der Waals surface area contributed by atoms with Gasteiger partial charge in [-0.25, -0.2) is 15.0 Å². The summed E-state index contributed by atoms with van der Waals surface area (Å²) in [5.41, 5.74) is 20.4. The predicted octanol–water partition coefficient (Wildman–Crippen LogP) is -7.55. The number of furan rings is 1. The van der Waals surface area contributed by atoms with Crippen molar-refractivity contribution < 1.29 is 4.42 Å². The second-order valence-electron chi connectivity index (χ2n) is 15.1. The monoisotopic (exact) mass is 684 g/mol. The lowest BCUT2D eigenvalue weighted by Crippen LogP contribution is -2.55. The maximum Gasteiger partial charge on any atom is 0.164 e. The highest BCUT2D eigenvalue weighted by Crippen LogP contribution is 2.40. The lowest BCUT2D eigenvalue weighted by molar-refractivity contribution is 0.669. The van der Waals surface area contributed by atoms with E-state index >= 15 is 0 Å². The molecule has 0 saturated carbocycles. The van der Waals surface area contributed by atoms with E-state index in [0.717, 1.165) is 55.3 Å². The quantitative estimate of drug-likeness (QED) is 0.173. The van der Waals surface area contributed by atoms with Gasteiger partial charge >= 0.3 is 0 Å². The van der Waals surface area contributed by atoms with Crippen LogP contribution in [-0.2, 0) is 0 Å². The van der Waals surface area contributed by atoms with E-state index < -0.39 is 0 Å². The third kappa shape index (κ3) is 4.97. The summed E-state index contributed by atoms with van der Waals surface area (Å²) in [4.78, 5) is 16.1. The van der Waals surface area contributed by atoms with Crippen molar-refractivity contribution in [2.75, 3.05) is 0 Å². The highest BCUT2D eigenvalue weighted by Gasteiger charge is 2.24. The van der Waals surface area contributed by atoms with Crippen molar-refractivity contribution in [1.29, 1.82) is 0 Å². The fraction of sp³-hybridized carbons (Fsp3) is 0. The van der Waals surface area contributed by atoms with E-state index in [1.54, 1.807) is 0 Å². The number of para-hydroxylation sites is 3. The Morgan fingerprint density at radius 3 is 1.31 bits per heavy atom. The zero-order valence-corrected chi connectivity index (χ0v) is 32.8. The average Bonchev–Trinajstić information content (AvgIpc) is 3.73. The van der Waals surface area contributed by atoms with Crippen LogP contribution < -0.4 is 54.6 Å². The summed E-state index contributed by atoms with van der Waals surface area (Å²) in [6.07, 6.45) is 0. The molecule has 6 aromatic carbocycles. The first-order chi connectivity index (χ1) is 26.0. The van der Waals surface area contributed by atoms with Gasteiger partial charge in [0.25, 0.3) is 0 Å². The molecule has 0 unspecified atom stereocenters. The van der Waals surface area contributed by atoms with Crippen LogP contribution in [-0.4, -0.2) is 98.0 Å². The first-order valence-electron chi connectivity index (χ1n) is 18.8. The molecule has 246 valence electrons. The number of rotatable bonds is 4. The third-order valence-electron chi connectivity index (χ3n) is 12.6. The van der Waals surface area contributed by atoms with Crippen LogP contribution in [0.15, 0.2) is 89.3 Å². The standard InChI is InChI=1S/C39H34B10N4O/c40-27-25(28(41)32(45)35(48)31(27)44)38-50-37(51-39(52-38)26-29(42)33(46)36(49)34(47)30(26)43)15-13-21(24-18-9-3-6-12-22(18)54-23(24)14-15)53-19-10-4-1-7-16(19)17-8-2-5-11-20(17)53/h1-14H,40-49H2. The normalized spacial score (nSPS) is 11.7. The fourth-order valence-electron chi connectivity index (χ4n) is 8.72. The largest absolute Gasteiger partial charge is 0.456 e. The molecule has 0 N–H and O–H groups in total. The molecule has 9 rings (SSSR count). The van der Waals surface area contributed by atoms with Gasteiger partial charge in [0, 0.05) is 32.8 Å². The lowest BCUT2D eigenvalue weighted by Gasteiger charge is -2.22. The first kappa shape index (κ1) is 34.4. The molecule has 0 fully saturated rings. The highest BCUT2D eigenvalue weighted by atomic mass is 16.3. The van der Waals surface area contributed by atoms with Gasteiger partial charge in [0.2, 0.25) is 0 Å². The van der Waals surface area contributed by atoms with Crippen LogP contribution in [0.4, 0.5) is 0 Å². The Balaban J connectivity index is 1.42. The molecular weight excluding hydrogens is 649 g/mol. The summed E-state index contributed by atoms with van der Waals surface area (Å²) in [7, 11) is 22.0. The van der Waals surface area contributed by atoms with Crippen LogP contribution in [0.25, 0.3) is 83.6 Å². The van der Waals surface area contributed by atoms with E-state index in [4.69, 9.17) is 19.4 Å². The topological polar surface area (TPSA) is 56.7 Å². The van der Waals surface area contributed by atoms with Gasteiger partial charge in [-0.1, -0.05) is 76.4 Å². The minimum Gasteiger partial charge on any atom is -0.456 e. The van der Waals surface area contributed by atoms with Gasteiger partial charge in [-0.15, -0.1) is 32.8 Å². The number of hydrogen-bond donors (Lipinski definition) is 0. The van der Waals surface area contributed by atoms with Crippen LogP contribution in [0.5, 0.6) is 0 Å². The second-order valence-corrected chi connectivity index (χ2v) is 15.1. The number of aromatic nitrogens is 4. The summed E-state index contributed by atoms with van der Waals surface area (Å²) in [5, 5.41) is 4.54. The Morgan fingerprint density at radius 2 is 0.815 bits per heavy atom. The van der Waals surface area contributed by atoms with Crippen molar-refractivity contribution in [3.63, 3.8) is 0 Å². The van der Waals surface area contributed by atoms with Crippen LogP contribution in [0.2, 0.25) is 0 Å². The van der Waals surface area contributed by atoms with Crippen LogP contribution >= 0.6 is 0 Å². The molecule has 0 amide bonds. The van der Waals surface area contributed by atoms with E-state index in [2.05, 4.69) is 156 Å². The molecule has 5 nitrogen and oxygen atoms in total. The molecule has 0 saturated heterocycles. The molecule has 0 bridgehead atoms. The molecule has 9 aromatic rings. The molecule has 15 heteroatoms.